The molecule has 8 heteroatoms. The molecular formula is C27H31BrFN3O3. The van der Waals surface area contributed by atoms with Crippen LogP contribution in [-0.4, -0.2) is 47.3 Å². The van der Waals surface area contributed by atoms with Crippen LogP contribution in [0.2, 0.25) is 0 Å². The summed E-state index contributed by atoms with van der Waals surface area (Å²) in [5.74, 6) is -0.392. The van der Waals surface area contributed by atoms with E-state index in [1.54, 1.807) is 21.6 Å². The van der Waals surface area contributed by atoms with Gasteiger partial charge in [-0.05, 0) is 73.3 Å². The number of pyridine rings is 1. The first-order chi connectivity index (χ1) is 16.5. The van der Waals surface area contributed by atoms with Crippen molar-refractivity contribution in [3.05, 3.63) is 68.2 Å². The second-order valence-corrected chi connectivity index (χ2v) is 10.7. The van der Waals surface area contributed by atoms with Crippen LogP contribution in [0.4, 0.5) is 14.9 Å². The van der Waals surface area contributed by atoms with Gasteiger partial charge in [-0.2, -0.15) is 0 Å². The summed E-state index contributed by atoms with van der Waals surface area (Å²) in [6.07, 6.45) is 0.417. The van der Waals surface area contributed by atoms with E-state index in [2.05, 4.69) is 22.9 Å². The quantitative estimate of drug-likeness (QED) is 0.417. The zero-order valence-corrected chi connectivity index (χ0v) is 22.4. The summed E-state index contributed by atoms with van der Waals surface area (Å²) in [6.45, 7) is 11.5. The Labute approximate surface area is 213 Å². The van der Waals surface area contributed by atoms with Crippen molar-refractivity contribution in [1.82, 2.24) is 9.47 Å². The summed E-state index contributed by atoms with van der Waals surface area (Å²) in [7, 11) is 0. The van der Waals surface area contributed by atoms with Crippen molar-refractivity contribution < 1.29 is 13.9 Å². The third-order valence-corrected chi connectivity index (χ3v) is 6.84. The number of aromatic nitrogens is 1. The zero-order valence-electron chi connectivity index (χ0n) is 20.8. The average molecular weight is 544 g/mol. The van der Waals surface area contributed by atoms with Crippen molar-refractivity contribution in [3.8, 4) is 5.69 Å². The van der Waals surface area contributed by atoms with Crippen molar-refractivity contribution in [2.24, 2.45) is 0 Å². The molecule has 0 radical (unpaired) electrons. The summed E-state index contributed by atoms with van der Waals surface area (Å²) in [5, 5.41) is 0.654. The maximum Gasteiger partial charge on any atom is 0.410 e. The standard InChI is InChI=1S/C27H31BrFN3O3/c1-6-18-9-7-8-17(2)25(18)32-23-15-20(28)21(29)14-19(23)22(16-24(32)33)30-10-12-31(13-11-30)26(34)35-27(3,4)5/h7-9,14-16H,6,10-13H2,1-5H3. The normalized spacial score (nSPS) is 14.5. The molecule has 1 fully saturated rings. The minimum Gasteiger partial charge on any atom is -0.444 e. The monoisotopic (exact) mass is 543 g/mol. The van der Waals surface area contributed by atoms with Crippen LogP contribution < -0.4 is 10.5 Å². The van der Waals surface area contributed by atoms with Gasteiger partial charge in [0.25, 0.3) is 5.56 Å². The van der Waals surface area contributed by atoms with Crippen LogP contribution in [0.25, 0.3) is 16.6 Å². The van der Waals surface area contributed by atoms with E-state index < -0.39 is 11.4 Å². The molecule has 6 nitrogen and oxygen atoms in total. The number of fused-ring (bicyclic) bond motifs is 1. The van der Waals surface area contributed by atoms with Crippen LogP contribution in [0.1, 0.15) is 38.8 Å². The summed E-state index contributed by atoms with van der Waals surface area (Å²) >= 11 is 3.31. The second kappa shape index (κ2) is 9.64. The lowest BCUT2D eigenvalue weighted by atomic mass is 10.0. The van der Waals surface area contributed by atoms with E-state index in [-0.39, 0.29) is 11.7 Å². The van der Waals surface area contributed by atoms with E-state index in [0.29, 0.717) is 47.2 Å². The lowest BCUT2D eigenvalue weighted by Gasteiger charge is -2.37. The largest absolute Gasteiger partial charge is 0.444 e. The fourth-order valence-corrected chi connectivity index (χ4v) is 4.91. The topological polar surface area (TPSA) is 54.8 Å². The van der Waals surface area contributed by atoms with E-state index in [9.17, 15) is 14.0 Å². The van der Waals surface area contributed by atoms with Crippen LogP contribution in [0.15, 0.2) is 45.7 Å². The molecule has 0 spiro atoms. The molecule has 0 saturated carbocycles. The Hall–Kier alpha value is -2.87. The maximum absolute atomic E-state index is 14.8. The Morgan fingerprint density at radius 3 is 2.43 bits per heavy atom. The van der Waals surface area contributed by atoms with Gasteiger partial charge in [0.1, 0.15) is 11.4 Å². The number of piperazine rings is 1. The van der Waals surface area contributed by atoms with Crippen molar-refractivity contribution in [2.45, 2.75) is 46.6 Å². The van der Waals surface area contributed by atoms with Crippen molar-refractivity contribution in [3.63, 3.8) is 0 Å². The van der Waals surface area contributed by atoms with Crippen molar-refractivity contribution in [1.29, 1.82) is 0 Å². The number of rotatable bonds is 3. The Morgan fingerprint density at radius 2 is 1.80 bits per heavy atom. The number of aryl methyl sites for hydroxylation is 2. The molecule has 2 heterocycles. The Morgan fingerprint density at radius 1 is 1.11 bits per heavy atom. The highest BCUT2D eigenvalue weighted by Crippen LogP contribution is 2.33. The molecule has 35 heavy (non-hydrogen) atoms. The first-order valence-electron chi connectivity index (χ1n) is 11.9. The van der Waals surface area contributed by atoms with Gasteiger partial charge in [0.2, 0.25) is 0 Å². The molecule has 0 N–H and O–H groups in total. The number of anilines is 1. The number of carbonyl (C=O) groups excluding carboxylic acids is 1. The van der Waals surface area contributed by atoms with Gasteiger partial charge in [0, 0.05) is 37.6 Å². The Balaban J connectivity index is 1.79. The van der Waals surface area contributed by atoms with E-state index in [1.807, 2.05) is 50.8 Å². The summed E-state index contributed by atoms with van der Waals surface area (Å²) in [6, 6.07) is 10.7. The van der Waals surface area contributed by atoms with Crippen LogP contribution >= 0.6 is 15.9 Å². The van der Waals surface area contributed by atoms with Crippen LogP contribution in [0.5, 0.6) is 0 Å². The third-order valence-electron chi connectivity index (χ3n) is 6.23. The molecule has 0 unspecified atom stereocenters. The average Bonchev–Trinajstić information content (AvgIpc) is 2.79. The van der Waals surface area contributed by atoms with Crippen LogP contribution in [0.3, 0.4) is 0 Å². The van der Waals surface area contributed by atoms with Gasteiger partial charge in [-0.1, -0.05) is 25.1 Å². The maximum atomic E-state index is 14.8. The van der Waals surface area contributed by atoms with Gasteiger partial charge in [-0.15, -0.1) is 0 Å². The van der Waals surface area contributed by atoms with Gasteiger partial charge in [-0.3, -0.25) is 9.36 Å². The molecule has 186 valence electrons. The predicted molar refractivity (Wildman–Crippen MR) is 141 cm³/mol. The third kappa shape index (κ3) is 5.08. The minimum absolute atomic E-state index is 0.176. The number of hydrogen-bond donors (Lipinski definition) is 0. The summed E-state index contributed by atoms with van der Waals surface area (Å²) in [5.41, 5.74) is 3.43. The smallest absolute Gasteiger partial charge is 0.410 e. The molecule has 1 saturated heterocycles. The van der Waals surface area contributed by atoms with Gasteiger partial charge in [-0.25, -0.2) is 9.18 Å². The first-order valence-corrected chi connectivity index (χ1v) is 12.7. The fraction of sp³-hybridized carbons (Fsp3) is 0.407. The van der Waals surface area contributed by atoms with E-state index >= 15 is 0 Å². The molecule has 1 amide bonds. The molecule has 0 aliphatic carbocycles. The van der Waals surface area contributed by atoms with Gasteiger partial charge >= 0.3 is 6.09 Å². The number of amides is 1. The lowest BCUT2D eigenvalue weighted by molar-refractivity contribution is 0.0240. The highest BCUT2D eigenvalue weighted by molar-refractivity contribution is 9.10. The van der Waals surface area contributed by atoms with Gasteiger partial charge in [0.15, 0.2) is 0 Å². The predicted octanol–water partition coefficient (Wildman–Crippen LogP) is 5.82. The van der Waals surface area contributed by atoms with Gasteiger partial charge < -0.3 is 14.5 Å². The summed E-state index contributed by atoms with van der Waals surface area (Å²) < 4.78 is 22.2. The number of carbonyl (C=O) groups is 1. The number of benzene rings is 2. The zero-order chi connectivity index (χ0) is 25.5. The Kier molecular flexibility index (Phi) is 6.95. The molecule has 0 atom stereocenters. The molecule has 1 aliphatic rings. The van der Waals surface area contributed by atoms with Crippen molar-refractivity contribution >= 4 is 38.6 Å². The molecule has 1 aromatic heterocycles. The molecule has 2 aromatic carbocycles. The molecule has 0 bridgehead atoms. The fourth-order valence-electron chi connectivity index (χ4n) is 4.58. The molecule has 3 aromatic rings. The van der Waals surface area contributed by atoms with E-state index in [1.165, 1.54) is 6.07 Å². The number of ether oxygens (including phenoxy) is 1. The minimum atomic E-state index is -0.563. The number of para-hydroxylation sites is 1. The number of halogens is 2. The lowest BCUT2D eigenvalue weighted by Crippen LogP contribution is -2.50. The van der Waals surface area contributed by atoms with Gasteiger partial charge in [0.05, 0.1) is 21.4 Å². The van der Waals surface area contributed by atoms with Crippen LogP contribution in [-0.2, 0) is 11.2 Å². The van der Waals surface area contributed by atoms with E-state index in [0.717, 1.165) is 23.2 Å². The Bertz CT molecular complexity index is 1340. The summed E-state index contributed by atoms with van der Waals surface area (Å²) in [4.78, 5) is 29.8. The van der Waals surface area contributed by atoms with E-state index in [4.69, 9.17) is 4.74 Å². The highest BCUT2D eigenvalue weighted by atomic mass is 79.9. The molecular weight excluding hydrogens is 513 g/mol. The second-order valence-electron chi connectivity index (χ2n) is 9.88. The number of hydrogen-bond acceptors (Lipinski definition) is 4. The molecule has 4 rings (SSSR count). The van der Waals surface area contributed by atoms with Crippen LogP contribution in [0, 0.1) is 12.7 Å². The molecule has 1 aliphatic heterocycles. The highest BCUT2D eigenvalue weighted by Gasteiger charge is 2.27. The SMILES string of the molecule is CCc1cccc(C)c1-n1c(=O)cc(N2CCN(C(=O)OC(C)(C)C)CC2)c2cc(F)c(Br)cc21. The first kappa shape index (κ1) is 25.2. The number of nitrogens with zero attached hydrogens (tertiary/aromatic N) is 3. The van der Waals surface area contributed by atoms with Crippen molar-refractivity contribution in [2.75, 3.05) is 31.1 Å².